The minimum Gasteiger partial charge on any atom is -0.392 e. The maximum absolute atomic E-state index is 14.0. The first-order valence-corrected chi connectivity index (χ1v) is 6.98. The molecule has 2 aromatic carbocycles. The van der Waals surface area contributed by atoms with Crippen molar-refractivity contribution < 1.29 is 13.9 Å². The molecule has 0 fully saturated rings. The Balaban J connectivity index is 2.59. The fraction of sp³-hybridized carbons (Fsp3) is 0.333. The van der Waals surface area contributed by atoms with Crippen LogP contribution in [-0.2, 0) is 13.0 Å². The molecule has 0 aliphatic carbocycles. The van der Waals surface area contributed by atoms with Gasteiger partial charge in [0.05, 0.1) is 6.61 Å². The quantitative estimate of drug-likeness (QED) is 0.867. The van der Waals surface area contributed by atoms with Crippen LogP contribution in [0.4, 0.5) is 8.78 Å². The predicted octanol–water partition coefficient (Wildman–Crippen LogP) is 4.71. The molecule has 0 amide bonds. The third kappa shape index (κ3) is 3.88. The molecule has 0 saturated carbocycles. The van der Waals surface area contributed by atoms with Gasteiger partial charge in [0.2, 0.25) is 0 Å². The number of halogens is 2. The van der Waals surface area contributed by atoms with E-state index in [0.29, 0.717) is 12.0 Å². The van der Waals surface area contributed by atoms with Gasteiger partial charge < -0.3 is 5.11 Å². The minimum atomic E-state index is -0.459. The summed E-state index contributed by atoms with van der Waals surface area (Å²) in [6, 6.07) is 8.84. The molecule has 1 N–H and O–H groups in total. The number of benzene rings is 2. The van der Waals surface area contributed by atoms with Gasteiger partial charge in [-0.25, -0.2) is 8.78 Å². The molecule has 112 valence electrons. The number of hydrogen-bond donors (Lipinski definition) is 1. The largest absolute Gasteiger partial charge is 0.392 e. The molecule has 1 nitrogen and oxygen atoms in total. The van der Waals surface area contributed by atoms with Gasteiger partial charge in [0.1, 0.15) is 11.6 Å². The maximum Gasteiger partial charge on any atom is 0.131 e. The maximum atomic E-state index is 14.0. The lowest BCUT2D eigenvalue weighted by Crippen LogP contribution is -2.10. The van der Waals surface area contributed by atoms with E-state index in [1.54, 1.807) is 12.1 Å². The monoisotopic (exact) mass is 290 g/mol. The van der Waals surface area contributed by atoms with Crippen molar-refractivity contribution in [2.45, 2.75) is 33.8 Å². The lowest BCUT2D eigenvalue weighted by Gasteiger charge is -2.21. The van der Waals surface area contributed by atoms with Gasteiger partial charge in [0.25, 0.3) is 0 Å². The lowest BCUT2D eigenvalue weighted by molar-refractivity contribution is 0.281. The molecule has 0 saturated heterocycles. The average molecular weight is 290 g/mol. The van der Waals surface area contributed by atoms with E-state index in [4.69, 9.17) is 0 Å². The van der Waals surface area contributed by atoms with E-state index >= 15 is 0 Å². The summed E-state index contributed by atoms with van der Waals surface area (Å²) >= 11 is 0. The smallest absolute Gasteiger partial charge is 0.131 e. The Morgan fingerprint density at radius 1 is 0.952 bits per heavy atom. The number of rotatable bonds is 3. The SMILES string of the molecule is CC(C)(C)Cc1cc(CO)ccc1-c1cc(F)ccc1F. The van der Waals surface area contributed by atoms with Crippen LogP contribution in [0, 0.1) is 17.0 Å². The lowest BCUT2D eigenvalue weighted by atomic mass is 9.84. The van der Waals surface area contributed by atoms with Gasteiger partial charge in [0.15, 0.2) is 0 Å². The van der Waals surface area contributed by atoms with Crippen LogP contribution in [0.15, 0.2) is 36.4 Å². The molecule has 0 radical (unpaired) electrons. The molecule has 0 unspecified atom stereocenters. The van der Waals surface area contributed by atoms with Crippen molar-refractivity contribution >= 4 is 0 Å². The van der Waals surface area contributed by atoms with Gasteiger partial charge in [-0.1, -0.05) is 39.0 Å². The van der Waals surface area contributed by atoms with Crippen LogP contribution in [-0.4, -0.2) is 5.11 Å². The van der Waals surface area contributed by atoms with E-state index in [-0.39, 0.29) is 17.6 Å². The summed E-state index contributed by atoms with van der Waals surface area (Å²) in [6.45, 7) is 6.20. The van der Waals surface area contributed by atoms with E-state index in [2.05, 4.69) is 20.8 Å². The Hall–Kier alpha value is -1.74. The van der Waals surface area contributed by atoms with Crippen LogP contribution in [0.25, 0.3) is 11.1 Å². The molecule has 0 aliphatic heterocycles. The Bertz CT molecular complexity index is 642. The van der Waals surface area contributed by atoms with Gasteiger partial charge in [-0.05, 0) is 46.7 Å². The molecule has 0 heterocycles. The molecule has 0 aliphatic rings. The summed E-state index contributed by atoms with van der Waals surface area (Å²) < 4.78 is 27.5. The molecule has 2 aromatic rings. The standard InChI is InChI=1S/C18H20F2O/c1-18(2,3)10-13-8-12(11-21)4-6-15(13)16-9-14(19)5-7-17(16)20/h4-9,21H,10-11H2,1-3H3. The fourth-order valence-electron chi connectivity index (χ4n) is 2.43. The Labute approximate surface area is 124 Å². The molecule has 3 heteroatoms. The fourth-order valence-corrected chi connectivity index (χ4v) is 2.43. The first-order chi connectivity index (χ1) is 9.80. The van der Waals surface area contributed by atoms with Gasteiger partial charge in [-0.2, -0.15) is 0 Å². The van der Waals surface area contributed by atoms with Crippen molar-refractivity contribution in [1.82, 2.24) is 0 Å². The summed E-state index contributed by atoms with van der Waals surface area (Å²) in [4.78, 5) is 0. The second-order valence-electron chi connectivity index (χ2n) is 6.51. The zero-order valence-electron chi connectivity index (χ0n) is 12.6. The van der Waals surface area contributed by atoms with Crippen LogP contribution in [0.3, 0.4) is 0 Å². The van der Waals surface area contributed by atoms with Crippen molar-refractivity contribution in [3.05, 3.63) is 59.2 Å². The highest BCUT2D eigenvalue weighted by Crippen LogP contribution is 2.32. The summed E-state index contributed by atoms with van der Waals surface area (Å²) in [5, 5.41) is 9.29. The van der Waals surface area contributed by atoms with Gasteiger partial charge in [-0.15, -0.1) is 0 Å². The van der Waals surface area contributed by atoms with Crippen molar-refractivity contribution in [3.8, 4) is 11.1 Å². The van der Waals surface area contributed by atoms with Crippen molar-refractivity contribution in [2.24, 2.45) is 5.41 Å². The van der Waals surface area contributed by atoms with Crippen LogP contribution in [0.5, 0.6) is 0 Å². The Kier molecular flexibility index (Phi) is 4.43. The Morgan fingerprint density at radius 2 is 1.67 bits per heavy atom. The molecule has 0 atom stereocenters. The predicted molar refractivity (Wildman–Crippen MR) is 80.9 cm³/mol. The van der Waals surface area contributed by atoms with Gasteiger partial charge in [0, 0.05) is 5.56 Å². The van der Waals surface area contributed by atoms with Gasteiger partial charge in [-0.3, -0.25) is 0 Å². The van der Waals surface area contributed by atoms with Crippen LogP contribution >= 0.6 is 0 Å². The molecular formula is C18H20F2O. The van der Waals surface area contributed by atoms with Crippen LogP contribution < -0.4 is 0 Å². The number of aliphatic hydroxyl groups excluding tert-OH is 1. The summed E-state index contributed by atoms with van der Waals surface area (Å²) in [5.41, 5.74) is 2.64. The molecule has 0 bridgehead atoms. The zero-order chi connectivity index (χ0) is 15.6. The third-order valence-corrected chi connectivity index (χ3v) is 3.29. The number of aliphatic hydroxyl groups is 1. The van der Waals surface area contributed by atoms with Gasteiger partial charge >= 0.3 is 0 Å². The molecule has 21 heavy (non-hydrogen) atoms. The molecule has 2 rings (SSSR count). The van der Waals surface area contributed by atoms with Crippen molar-refractivity contribution in [1.29, 1.82) is 0 Å². The highest BCUT2D eigenvalue weighted by Gasteiger charge is 2.17. The first kappa shape index (κ1) is 15.6. The normalized spacial score (nSPS) is 11.7. The van der Waals surface area contributed by atoms with Crippen molar-refractivity contribution in [3.63, 3.8) is 0 Å². The molecule has 0 spiro atoms. The topological polar surface area (TPSA) is 20.2 Å². The Morgan fingerprint density at radius 3 is 2.29 bits per heavy atom. The van der Waals surface area contributed by atoms with E-state index in [1.807, 2.05) is 6.07 Å². The average Bonchev–Trinajstić information content (AvgIpc) is 2.40. The van der Waals surface area contributed by atoms with E-state index in [9.17, 15) is 13.9 Å². The zero-order valence-corrected chi connectivity index (χ0v) is 12.6. The second kappa shape index (κ2) is 5.94. The summed E-state index contributed by atoms with van der Waals surface area (Å²) in [5.74, 6) is -0.900. The summed E-state index contributed by atoms with van der Waals surface area (Å²) in [7, 11) is 0. The highest BCUT2D eigenvalue weighted by atomic mass is 19.1. The van der Waals surface area contributed by atoms with E-state index in [0.717, 1.165) is 23.3 Å². The summed E-state index contributed by atoms with van der Waals surface area (Å²) in [6.07, 6.45) is 0.714. The van der Waals surface area contributed by atoms with Crippen LogP contribution in [0.2, 0.25) is 0 Å². The van der Waals surface area contributed by atoms with E-state index < -0.39 is 11.6 Å². The van der Waals surface area contributed by atoms with Crippen molar-refractivity contribution in [2.75, 3.05) is 0 Å². The highest BCUT2D eigenvalue weighted by molar-refractivity contribution is 5.68. The minimum absolute atomic E-state index is 0.00658. The molecule has 0 aromatic heterocycles. The molecular weight excluding hydrogens is 270 g/mol. The number of hydrogen-bond acceptors (Lipinski definition) is 1. The van der Waals surface area contributed by atoms with E-state index in [1.165, 1.54) is 6.07 Å². The third-order valence-electron chi connectivity index (χ3n) is 3.29. The van der Waals surface area contributed by atoms with Crippen LogP contribution in [0.1, 0.15) is 31.9 Å². The second-order valence-corrected chi connectivity index (χ2v) is 6.51. The first-order valence-electron chi connectivity index (χ1n) is 6.98.